The standard InChI is InChI=1S/C12H19N5/c1-3-13-10-12-15-5-7-17(12)9-8-16-6-4-14-11(16)2/h4-7,13H,3,8-10H2,1-2H3. The Labute approximate surface area is 102 Å². The quantitative estimate of drug-likeness (QED) is 0.815. The van der Waals surface area contributed by atoms with Crippen molar-refractivity contribution < 1.29 is 0 Å². The maximum Gasteiger partial charge on any atom is 0.122 e. The third kappa shape index (κ3) is 2.94. The fourth-order valence-electron chi connectivity index (χ4n) is 1.80. The van der Waals surface area contributed by atoms with E-state index in [-0.39, 0.29) is 0 Å². The third-order valence-corrected chi connectivity index (χ3v) is 2.84. The molecule has 0 atom stereocenters. The summed E-state index contributed by atoms with van der Waals surface area (Å²) in [6, 6.07) is 0. The van der Waals surface area contributed by atoms with Crippen molar-refractivity contribution in [3.05, 3.63) is 36.4 Å². The number of aryl methyl sites for hydroxylation is 3. The molecule has 17 heavy (non-hydrogen) atoms. The maximum atomic E-state index is 4.35. The highest BCUT2D eigenvalue weighted by molar-refractivity contribution is 4.93. The van der Waals surface area contributed by atoms with Crippen molar-refractivity contribution in [2.24, 2.45) is 0 Å². The zero-order valence-corrected chi connectivity index (χ0v) is 10.4. The first-order valence-corrected chi connectivity index (χ1v) is 5.99. The van der Waals surface area contributed by atoms with Crippen molar-refractivity contribution >= 4 is 0 Å². The second-order valence-electron chi connectivity index (χ2n) is 3.99. The molecule has 0 spiro atoms. The number of nitrogens with one attached hydrogen (secondary N) is 1. The second-order valence-corrected chi connectivity index (χ2v) is 3.99. The van der Waals surface area contributed by atoms with Crippen LogP contribution in [0.2, 0.25) is 0 Å². The summed E-state index contributed by atoms with van der Waals surface area (Å²) in [5.74, 6) is 2.14. The van der Waals surface area contributed by atoms with Crippen LogP contribution >= 0.6 is 0 Å². The van der Waals surface area contributed by atoms with E-state index in [0.29, 0.717) is 0 Å². The maximum absolute atomic E-state index is 4.35. The minimum absolute atomic E-state index is 0.826. The fraction of sp³-hybridized carbons (Fsp3) is 0.500. The molecule has 92 valence electrons. The number of imidazole rings is 2. The van der Waals surface area contributed by atoms with Crippen molar-refractivity contribution in [3.63, 3.8) is 0 Å². The lowest BCUT2D eigenvalue weighted by Crippen LogP contribution is -2.17. The van der Waals surface area contributed by atoms with Gasteiger partial charge in [-0.25, -0.2) is 9.97 Å². The van der Waals surface area contributed by atoms with Crippen LogP contribution in [-0.2, 0) is 19.6 Å². The summed E-state index contributed by atoms with van der Waals surface area (Å²) in [5, 5.41) is 3.29. The first-order chi connectivity index (χ1) is 8.31. The third-order valence-electron chi connectivity index (χ3n) is 2.84. The molecule has 0 aromatic carbocycles. The first kappa shape index (κ1) is 11.9. The van der Waals surface area contributed by atoms with Gasteiger partial charge in [0.15, 0.2) is 0 Å². The van der Waals surface area contributed by atoms with Gasteiger partial charge in [-0.1, -0.05) is 6.92 Å². The normalized spacial score (nSPS) is 10.9. The summed E-state index contributed by atoms with van der Waals surface area (Å²) >= 11 is 0. The van der Waals surface area contributed by atoms with Gasteiger partial charge >= 0.3 is 0 Å². The average Bonchev–Trinajstić information content (AvgIpc) is 2.93. The Kier molecular flexibility index (Phi) is 3.93. The molecule has 2 heterocycles. The van der Waals surface area contributed by atoms with Crippen LogP contribution in [0.5, 0.6) is 0 Å². The molecule has 5 nitrogen and oxygen atoms in total. The summed E-state index contributed by atoms with van der Waals surface area (Å²) in [5.41, 5.74) is 0. The Balaban J connectivity index is 1.95. The molecule has 0 saturated carbocycles. The zero-order valence-electron chi connectivity index (χ0n) is 10.4. The minimum Gasteiger partial charge on any atom is -0.333 e. The zero-order chi connectivity index (χ0) is 12.1. The van der Waals surface area contributed by atoms with Crippen LogP contribution in [0.3, 0.4) is 0 Å². The van der Waals surface area contributed by atoms with Crippen molar-refractivity contribution in [2.45, 2.75) is 33.5 Å². The van der Waals surface area contributed by atoms with E-state index in [1.807, 2.05) is 31.7 Å². The molecule has 0 aliphatic rings. The van der Waals surface area contributed by atoms with Gasteiger partial charge in [0.2, 0.25) is 0 Å². The molecule has 0 saturated heterocycles. The highest BCUT2D eigenvalue weighted by atomic mass is 15.1. The first-order valence-electron chi connectivity index (χ1n) is 5.99. The highest BCUT2D eigenvalue weighted by Crippen LogP contribution is 2.01. The van der Waals surface area contributed by atoms with Gasteiger partial charge in [0.05, 0.1) is 6.54 Å². The topological polar surface area (TPSA) is 47.7 Å². The molecule has 0 amide bonds. The second kappa shape index (κ2) is 5.63. The van der Waals surface area contributed by atoms with Crippen LogP contribution in [0.25, 0.3) is 0 Å². The SMILES string of the molecule is CCNCc1nccn1CCn1ccnc1C. The molecule has 0 aliphatic carbocycles. The fourth-order valence-corrected chi connectivity index (χ4v) is 1.80. The molecule has 0 radical (unpaired) electrons. The van der Waals surface area contributed by atoms with Gasteiger partial charge in [-0.2, -0.15) is 0 Å². The van der Waals surface area contributed by atoms with Crippen molar-refractivity contribution in [3.8, 4) is 0 Å². The van der Waals surface area contributed by atoms with E-state index in [0.717, 1.165) is 37.8 Å². The van der Waals surface area contributed by atoms with E-state index < -0.39 is 0 Å². The molecule has 2 rings (SSSR count). The monoisotopic (exact) mass is 233 g/mol. The van der Waals surface area contributed by atoms with Crippen LogP contribution in [-0.4, -0.2) is 25.6 Å². The molecule has 0 bridgehead atoms. The number of rotatable bonds is 6. The Morgan fingerprint density at radius 1 is 1.12 bits per heavy atom. The average molecular weight is 233 g/mol. The van der Waals surface area contributed by atoms with E-state index in [1.54, 1.807) is 0 Å². The van der Waals surface area contributed by atoms with E-state index in [9.17, 15) is 0 Å². The molecule has 2 aromatic rings. The van der Waals surface area contributed by atoms with Gasteiger partial charge in [-0.05, 0) is 13.5 Å². The van der Waals surface area contributed by atoms with Gasteiger partial charge < -0.3 is 14.5 Å². The number of hydrogen-bond donors (Lipinski definition) is 1. The Morgan fingerprint density at radius 3 is 2.53 bits per heavy atom. The van der Waals surface area contributed by atoms with E-state index in [1.165, 1.54) is 0 Å². The Hall–Kier alpha value is -1.62. The van der Waals surface area contributed by atoms with Crippen LogP contribution < -0.4 is 5.32 Å². The van der Waals surface area contributed by atoms with Gasteiger partial charge in [-0.15, -0.1) is 0 Å². The predicted molar refractivity (Wildman–Crippen MR) is 66.6 cm³/mol. The highest BCUT2D eigenvalue weighted by Gasteiger charge is 2.02. The van der Waals surface area contributed by atoms with Crippen molar-refractivity contribution in [1.82, 2.24) is 24.4 Å². The summed E-state index contributed by atoms with van der Waals surface area (Å²) in [6.45, 7) is 7.77. The predicted octanol–water partition coefficient (Wildman–Crippen LogP) is 1.20. The lowest BCUT2D eigenvalue weighted by Gasteiger charge is -2.09. The summed E-state index contributed by atoms with van der Waals surface area (Å²) in [7, 11) is 0. The van der Waals surface area contributed by atoms with Gasteiger partial charge in [0.25, 0.3) is 0 Å². The largest absolute Gasteiger partial charge is 0.333 e. The molecule has 0 fully saturated rings. The summed E-state index contributed by atoms with van der Waals surface area (Å²) in [4.78, 5) is 8.57. The summed E-state index contributed by atoms with van der Waals surface area (Å²) < 4.78 is 4.33. The number of aromatic nitrogens is 4. The molecular weight excluding hydrogens is 214 g/mol. The minimum atomic E-state index is 0.826. The lowest BCUT2D eigenvalue weighted by atomic mass is 10.5. The summed E-state index contributed by atoms with van der Waals surface area (Å²) in [6.07, 6.45) is 7.73. The van der Waals surface area contributed by atoms with E-state index >= 15 is 0 Å². The molecule has 2 aromatic heterocycles. The smallest absolute Gasteiger partial charge is 0.122 e. The Bertz CT molecular complexity index is 457. The van der Waals surface area contributed by atoms with Crippen LogP contribution in [0.1, 0.15) is 18.6 Å². The number of hydrogen-bond acceptors (Lipinski definition) is 3. The molecule has 5 heteroatoms. The Morgan fingerprint density at radius 2 is 1.82 bits per heavy atom. The van der Waals surface area contributed by atoms with Crippen molar-refractivity contribution in [2.75, 3.05) is 6.54 Å². The molecule has 1 N–H and O–H groups in total. The van der Waals surface area contributed by atoms with E-state index in [4.69, 9.17) is 0 Å². The molecular formula is C12H19N5. The van der Waals surface area contributed by atoms with Gasteiger partial charge in [0, 0.05) is 37.9 Å². The lowest BCUT2D eigenvalue weighted by molar-refractivity contribution is 0.537. The number of nitrogens with zero attached hydrogens (tertiary/aromatic N) is 4. The van der Waals surface area contributed by atoms with Crippen molar-refractivity contribution in [1.29, 1.82) is 0 Å². The van der Waals surface area contributed by atoms with Crippen LogP contribution in [0.4, 0.5) is 0 Å². The van der Waals surface area contributed by atoms with Crippen LogP contribution in [0.15, 0.2) is 24.8 Å². The molecule has 0 aliphatic heterocycles. The van der Waals surface area contributed by atoms with E-state index in [2.05, 4.69) is 31.3 Å². The van der Waals surface area contributed by atoms with Crippen LogP contribution in [0, 0.1) is 6.92 Å². The molecule has 0 unspecified atom stereocenters. The van der Waals surface area contributed by atoms with Gasteiger partial charge in [0.1, 0.15) is 11.6 Å². The van der Waals surface area contributed by atoms with Gasteiger partial charge in [-0.3, -0.25) is 0 Å².